The van der Waals surface area contributed by atoms with Gasteiger partial charge in [-0.15, -0.1) is 0 Å². The molecule has 0 radical (unpaired) electrons. The minimum Gasteiger partial charge on any atom is -0.756 e. The molecular formula is C48H86NO8P. The standard InChI is InChI=1S/C48H86NO8P/c1-6-8-10-12-14-16-18-20-22-23-24-25-27-28-30-32-34-36-38-40-47(50)54-44-46(45-56-58(52,53)55-43-42-49(3,4)5)57-48(51)41-39-37-35-33-31-29-26-21-19-17-15-13-11-9-7-2/h9,11,15,17,21,26,31,33,37,39,46H,6-8,10,12-14,16,18-20,22-25,27-30,32,34-36,38,40-45H2,1-5H3/b11-9-,17-15-,26-21-,33-31-,39-37-. The van der Waals surface area contributed by atoms with Crippen molar-refractivity contribution in [1.82, 2.24) is 0 Å². The van der Waals surface area contributed by atoms with Crippen LogP contribution in [0.25, 0.3) is 0 Å². The number of hydrogen-bond donors (Lipinski definition) is 0. The Hall–Kier alpha value is -2.29. The number of allylic oxidation sites excluding steroid dienone is 9. The van der Waals surface area contributed by atoms with Crippen molar-refractivity contribution in [3.05, 3.63) is 60.8 Å². The normalized spacial score (nSPS) is 14.1. The maximum atomic E-state index is 12.6. The number of rotatable bonds is 41. The fourth-order valence-electron chi connectivity index (χ4n) is 6.02. The molecular weight excluding hydrogens is 750 g/mol. The fourth-order valence-corrected chi connectivity index (χ4v) is 6.75. The summed E-state index contributed by atoms with van der Waals surface area (Å²) in [7, 11) is 1.11. The van der Waals surface area contributed by atoms with E-state index in [-0.39, 0.29) is 26.1 Å². The third-order valence-electron chi connectivity index (χ3n) is 9.59. The van der Waals surface area contributed by atoms with Crippen LogP contribution in [-0.2, 0) is 32.7 Å². The molecule has 0 aromatic heterocycles. The van der Waals surface area contributed by atoms with Crippen LogP contribution in [0.5, 0.6) is 0 Å². The number of unbranched alkanes of at least 4 members (excludes halogenated alkanes) is 18. The molecule has 0 heterocycles. The van der Waals surface area contributed by atoms with E-state index in [1.165, 1.54) is 103 Å². The first-order valence-corrected chi connectivity index (χ1v) is 24.5. The number of phosphoric ester groups is 1. The lowest BCUT2D eigenvalue weighted by molar-refractivity contribution is -0.870. The van der Waals surface area contributed by atoms with E-state index in [0.717, 1.165) is 44.9 Å². The largest absolute Gasteiger partial charge is 0.756 e. The summed E-state index contributed by atoms with van der Waals surface area (Å²) in [5.41, 5.74) is 0. The summed E-state index contributed by atoms with van der Waals surface area (Å²) in [5.74, 6) is -0.980. The lowest BCUT2D eigenvalue weighted by Gasteiger charge is -2.28. The summed E-state index contributed by atoms with van der Waals surface area (Å²) in [6.45, 7) is 4.01. The lowest BCUT2D eigenvalue weighted by Crippen LogP contribution is -2.37. The second kappa shape index (κ2) is 40.1. The lowest BCUT2D eigenvalue weighted by atomic mass is 10.0. The van der Waals surface area contributed by atoms with Gasteiger partial charge in [0.05, 0.1) is 34.2 Å². The molecule has 336 valence electrons. The number of hydrogen-bond acceptors (Lipinski definition) is 8. The molecule has 0 amide bonds. The van der Waals surface area contributed by atoms with Gasteiger partial charge in [0.2, 0.25) is 0 Å². The summed E-state index contributed by atoms with van der Waals surface area (Å²) >= 11 is 0. The summed E-state index contributed by atoms with van der Waals surface area (Å²) in [4.78, 5) is 37.5. The van der Waals surface area contributed by atoms with E-state index in [9.17, 15) is 19.0 Å². The van der Waals surface area contributed by atoms with Crippen molar-refractivity contribution in [2.45, 2.75) is 187 Å². The van der Waals surface area contributed by atoms with Gasteiger partial charge in [-0.3, -0.25) is 14.2 Å². The van der Waals surface area contributed by atoms with E-state index in [4.69, 9.17) is 18.5 Å². The fraction of sp³-hybridized carbons (Fsp3) is 0.750. The van der Waals surface area contributed by atoms with Gasteiger partial charge >= 0.3 is 11.9 Å². The first-order valence-electron chi connectivity index (χ1n) is 23.0. The Balaban J connectivity index is 4.40. The molecule has 0 rings (SSSR count). The Morgan fingerprint density at radius 3 is 1.40 bits per heavy atom. The smallest absolute Gasteiger partial charge is 0.310 e. The molecule has 0 bridgehead atoms. The first kappa shape index (κ1) is 55.7. The minimum atomic E-state index is -4.65. The van der Waals surface area contributed by atoms with Gasteiger partial charge in [-0.05, 0) is 38.5 Å². The average molecular weight is 836 g/mol. The van der Waals surface area contributed by atoms with E-state index in [1.54, 1.807) is 6.08 Å². The molecule has 0 fully saturated rings. The first-order chi connectivity index (χ1) is 28.0. The summed E-state index contributed by atoms with van der Waals surface area (Å²) in [6, 6.07) is 0. The number of carbonyl (C=O) groups excluding carboxylic acids is 2. The van der Waals surface area contributed by atoms with Crippen LogP contribution in [0.2, 0.25) is 0 Å². The predicted octanol–water partition coefficient (Wildman–Crippen LogP) is 12.6. The van der Waals surface area contributed by atoms with Crippen LogP contribution >= 0.6 is 7.82 Å². The molecule has 0 saturated heterocycles. The number of ether oxygens (including phenoxy) is 2. The van der Waals surface area contributed by atoms with Crippen LogP contribution in [-0.4, -0.2) is 70.0 Å². The van der Waals surface area contributed by atoms with Crippen molar-refractivity contribution in [3.8, 4) is 0 Å². The van der Waals surface area contributed by atoms with Crippen molar-refractivity contribution in [3.63, 3.8) is 0 Å². The highest BCUT2D eigenvalue weighted by atomic mass is 31.2. The van der Waals surface area contributed by atoms with Crippen molar-refractivity contribution in [2.75, 3.05) is 47.5 Å². The van der Waals surface area contributed by atoms with Gasteiger partial charge in [0.25, 0.3) is 7.82 Å². The number of esters is 2. The van der Waals surface area contributed by atoms with Gasteiger partial charge in [-0.25, -0.2) is 0 Å². The molecule has 9 nitrogen and oxygen atoms in total. The third kappa shape index (κ3) is 43.3. The Bertz CT molecular complexity index is 1170. The van der Waals surface area contributed by atoms with E-state index < -0.39 is 32.5 Å². The molecule has 0 N–H and O–H groups in total. The van der Waals surface area contributed by atoms with Crippen LogP contribution in [0.1, 0.15) is 181 Å². The van der Waals surface area contributed by atoms with E-state index >= 15 is 0 Å². The van der Waals surface area contributed by atoms with Crippen LogP contribution in [0, 0.1) is 0 Å². The maximum Gasteiger partial charge on any atom is 0.310 e. The zero-order valence-corrected chi connectivity index (χ0v) is 38.6. The van der Waals surface area contributed by atoms with Gasteiger partial charge in [-0.2, -0.15) is 0 Å². The van der Waals surface area contributed by atoms with Gasteiger partial charge in [-0.1, -0.05) is 190 Å². The van der Waals surface area contributed by atoms with E-state index in [1.807, 2.05) is 33.3 Å². The Morgan fingerprint density at radius 1 is 0.552 bits per heavy atom. The molecule has 0 saturated carbocycles. The summed E-state index contributed by atoms with van der Waals surface area (Å²) in [6.07, 6.45) is 48.6. The zero-order valence-electron chi connectivity index (χ0n) is 37.7. The molecule has 58 heavy (non-hydrogen) atoms. The van der Waals surface area contributed by atoms with E-state index in [2.05, 4.69) is 56.4 Å². The third-order valence-corrected chi connectivity index (χ3v) is 10.5. The zero-order chi connectivity index (χ0) is 42.8. The molecule has 0 spiro atoms. The van der Waals surface area contributed by atoms with Crippen molar-refractivity contribution < 1.29 is 42.1 Å². The van der Waals surface area contributed by atoms with Gasteiger partial charge in [0, 0.05) is 6.42 Å². The van der Waals surface area contributed by atoms with Crippen molar-refractivity contribution in [1.29, 1.82) is 0 Å². The number of likely N-dealkylation sites (N-methyl/N-ethyl adjacent to an activating group) is 1. The number of quaternary nitrogens is 1. The SMILES string of the molecule is CC/C=C\C/C=C\C/C=C\C/C=C\C/C=C\CC(=O)OC(COC(=O)CCCCCCCCCCCCCCCCCCCCC)COP(=O)([O-])OCC[N+](C)(C)C. The van der Waals surface area contributed by atoms with Crippen LogP contribution in [0.4, 0.5) is 0 Å². The van der Waals surface area contributed by atoms with Crippen LogP contribution < -0.4 is 4.89 Å². The number of phosphoric acid groups is 1. The maximum absolute atomic E-state index is 12.6. The van der Waals surface area contributed by atoms with Crippen molar-refractivity contribution in [2.24, 2.45) is 0 Å². The van der Waals surface area contributed by atoms with Crippen LogP contribution in [0.3, 0.4) is 0 Å². The predicted molar refractivity (Wildman–Crippen MR) is 240 cm³/mol. The van der Waals surface area contributed by atoms with Crippen molar-refractivity contribution >= 4 is 19.8 Å². The molecule has 0 aliphatic carbocycles. The van der Waals surface area contributed by atoms with Crippen LogP contribution in [0.15, 0.2) is 60.8 Å². The number of nitrogens with zero attached hydrogens (tertiary/aromatic N) is 1. The monoisotopic (exact) mass is 836 g/mol. The summed E-state index contributed by atoms with van der Waals surface area (Å²) in [5, 5.41) is 0. The van der Waals surface area contributed by atoms with Gasteiger partial charge < -0.3 is 27.9 Å². The molecule has 2 atom stereocenters. The Kier molecular flexibility index (Phi) is 38.5. The second-order valence-corrected chi connectivity index (χ2v) is 17.8. The second-order valence-electron chi connectivity index (χ2n) is 16.4. The topological polar surface area (TPSA) is 111 Å². The molecule has 10 heteroatoms. The highest BCUT2D eigenvalue weighted by Gasteiger charge is 2.21. The number of carbonyl (C=O) groups is 2. The Morgan fingerprint density at radius 2 is 0.966 bits per heavy atom. The van der Waals surface area contributed by atoms with E-state index in [0.29, 0.717) is 17.4 Å². The Labute approximate surface area is 356 Å². The highest BCUT2D eigenvalue weighted by Crippen LogP contribution is 2.38. The van der Waals surface area contributed by atoms with Gasteiger partial charge in [0.15, 0.2) is 6.10 Å². The molecule has 0 aliphatic rings. The molecule has 0 aromatic carbocycles. The summed E-state index contributed by atoms with van der Waals surface area (Å²) < 4.78 is 33.8. The highest BCUT2D eigenvalue weighted by molar-refractivity contribution is 7.45. The molecule has 0 aromatic rings. The quantitative estimate of drug-likeness (QED) is 0.0197. The molecule has 0 aliphatic heterocycles. The van der Waals surface area contributed by atoms with Gasteiger partial charge in [0.1, 0.15) is 19.8 Å². The minimum absolute atomic E-state index is 0.00758. The average Bonchev–Trinajstić information content (AvgIpc) is 3.17. The molecule has 2 unspecified atom stereocenters.